The van der Waals surface area contributed by atoms with Crippen molar-refractivity contribution in [3.05, 3.63) is 52.2 Å². The first-order valence-corrected chi connectivity index (χ1v) is 7.85. The molecule has 0 unspecified atom stereocenters. The Kier molecular flexibility index (Phi) is 4.11. The lowest BCUT2D eigenvalue weighted by molar-refractivity contribution is -0.128. The van der Waals surface area contributed by atoms with Crippen LogP contribution in [0.1, 0.15) is 21.3 Å². The van der Waals surface area contributed by atoms with Crippen LogP contribution in [0, 0.1) is 0 Å². The molecular formula is C16H16N2O3S. The number of thiophene rings is 1. The predicted molar refractivity (Wildman–Crippen MR) is 84.1 cm³/mol. The first-order chi connectivity index (χ1) is 10.7. The van der Waals surface area contributed by atoms with Gasteiger partial charge < -0.3 is 15.0 Å². The highest BCUT2D eigenvalue weighted by Crippen LogP contribution is 2.31. The van der Waals surface area contributed by atoms with Crippen LogP contribution in [0.3, 0.4) is 0 Å². The molecule has 114 valence electrons. The minimum absolute atomic E-state index is 0.152. The molecule has 0 radical (unpaired) electrons. The zero-order chi connectivity index (χ0) is 15.5. The van der Waals surface area contributed by atoms with E-state index in [1.807, 2.05) is 35.7 Å². The van der Waals surface area contributed by atoms with Gasteiger partial charge in [0.1, 0.15) is 16.7 Å². The first-order valence-electron chi connectivity index (χ1n) is 6.97. The van der Waals surface area contributed by atoms with Crippen LogP contribution < -0.4 is 10.1 Å². The SMILES string of the molecule is COc1ccsc1C(=O)N1CCNC(=O)[C@H]1c1ccccc1. The molecule has 1 aliphatic rings. The van der Waals surface area contributed by atoms with Gasteiger partial charge in [-0.25, -0.2) is 0 Å². The van der Waals surface area contributed by atoms with Crippen molar-refractivity contribution in [2.24, 2.45) is 0 Å². The van der Waals surface area contributed by atoms with Crippen LogP contribution in [0.4, 0.5) is 0 Å². The molecule has 1 aromatic carbocycles. The van der Waals surface area contributed by atoms with Gasteiger partial charge in [-0.05, 0) is 17.0 Å². The van der Waals surface area contributed by atoms with E-state index in [-0.39, 0.29) is 11.8 Å². The average Bonchev–Trinajstić information content (AvgIpc) is 3.03. The van der Waals surface area contributed by atoms with E-state index in [0.717, 1.165) is 5.56 Å². The molecule has 6 heteroatoms. The number of ether oxygens (including phenoxy) is 1. The van der Waals surface area contributed by atoms with Crippen LogP contribution in [-0.4, -0.2) is 36.9 Å². The number of carbonyl (C=O) groups is 2. The highest BCUT2D eigenvalue weighted by molar-refractivity contribution is 7.12. The maximum atomic E-state index is 12.8. The summed E-state index contributed by atoms with van der Waals surface area (Å²) in [6.07, 6.45) is 0. The zero-order valence-electron chi connectivity index (χ0n) is 12.1. The second kappa shape index (κ2) is 6.19. The molecule has 0 aliphatic carbocycles. The van der Waals surface area contributed by atoms with Gasteiger partial charge in [0.25, 0.3) is 5.91 Å². The smallest absolute Gasteiger partial charge is 0.268 e. The number of nitrogens with zero attached hydrogens (tertiary/aromatic N) is 1. The van der Waals surface area contributed by atoms with Crippen molar-refractivity contribution in [1.29, 1.82) is 0 Å². The standard InChI is InChI=1S/C16H16N2O3S/c1-21-12-7-10-22-14(12)16(20)18-9-8-17-15(19)13(18)11-5-3-2-4-6-11/h2-7,10,13H,8-9H2,1H3,(H,17,19)/t13-/m1/s1. The Bertz CT molecular complexity index is 684. The average molecular weight is 316 g/mol. The fourth-order valence-electron chi connectivity index (χ4n) is 2.60. The zero-order valence-corrected chi connectivity index (χ0v) is 12.9. The van der Waals surface area contributed by atoms with Crippen molar-refractivity contribution in [2.45, 2.75) is 6.04 Å². The molecule has 1 N–H and O–H groups in total. The topological polar surface area (TPSA) is 58.6 Å². The van der Waals surface area contributed by atoms with Crippen molar-refractivity contribution < 1.29 is 14.3 Å². The molecule has 1 fully saturated rings. The summed E-state index contributed by atoms with van der Waals surface area (Å²) < 4.78 is 5.23. The molecule has 1 saturated heterocycles. The molecule has 1 atom stereocenters. The Labute approximate surface area is 132 Å². The Morgan fingerprint density at radius 1 is 1.32 bits per heavy atom. The molecule has 2 amide bonds. The van der Waals surface area contributed by atoms with Gasteiger partial charge in [0.2, 0.25) is 5.91 Å². The third-order valence-corrected chi connectivity index (χ3v) is 4.52. The van der Waals surface area contributed by atoms with Gasteiger partial charge in [-0.15, -0.1) is 11.3 Å². The summed E-state index contributed by atoms with van der Waals surface area (Å²) in [6, 6.07) is 10.5. The molecule has 3 rings (SSSR count). The van der Waals surface area contributed by atoms with Crippen molar-refractivity contribution in [3.8, 4) is 5.75 Å². The van der Waals surface area contributed by atoms with E-state index in [0.29, 0.717) is 23.7 Å². The van der Waals surface area contributed by atoms with Crippen molar-refractivity contribution in [3.63, 3.8) is 0 Å². The van der Waals surface area contributed by atoms with Crippen LogP contribution in [0.15, 0.2) is 41.8 Å². The Morgan fingerprint density at radius 3 is 2.82 bits per heavy atom. The minimum Gasteiger partial charge on any atom is -0.495 e. The van der Waals surface area contributed by atoms with Gasteiger partial charge in [0.05, 0.1) is 7.11 Å². The maximum absolute atomic E-state index is 12.8. The van der Waals surface area contributed by atoms with E-state index in [1.54, 1.807) is 11.0 Å². The molecule has 0 spiro atoms. The van der Waals surface area contributed by atoms with Gasteiger partial charge in [0.15, 0.2) is 0 Å². The van der Waals surface area contributed by atoms with Gasteiger partial charge in [0, 0.05) is 13.1 Å². The lowest BCUT2D eigenvalue weighted by Crippen LogP contribution is -2.52. The van der Waals surface area contributed by atoms with Crippen LogP contribution in [0.5, 0.6) is 5.75 Å². The monoisotopic (exact) mass is 316 g/mol. The van der Waals surface area contributed by atoms with Gasteiger partial charge in [-0.3, -0.25) is 9.59 Å². The van der Waals surface area contributed by atoms with E-state index in [9.17, 15) is 9.59 Å². The highest BCUT2D eigenvalue weighted by atomic mass is 32.1. The van der Waals surface area contributed by atoms with Gasteiger partial charge >= 0.3 is 0 Å². The Hall–Kier alpha value is -2.34. The second-order valence-corrected chi connectivity index (χ2v) is 5.84. The summed E-state index contributed by atoms with van der Waals surface area (Å²) in [5, 5.41) is 4.64. The Morgan fingerprint density at radius 2 is 2.09 bits per heavy atom. The number of piperazine rings is 1. The van der Waals surface area contributed by atoms with E-state index in [2.05, 4.69) is 5.32 Å². The number of methoxy groups -OCH3 is 1. The number of carbonyl (C=O) groups excluding carboxylic acids is 2. The lowest BCUT2D eigenvalue weighted by atomic mass is 10.0. The third-order valence-electron chi connectivity index (χ3n) is 3.63. The summed E-state index contributed by atoms with van der Waals surface area (Å²) >= 11 is 1.33. The van der Waals surface area contributed by atoms with Crippen LogP contribution in [0.25, 0.3) is 0 Å². The fraction of sp³-hybridized carbons (Fsp3) is 0.250. The van der Waals surface area contributed by atoms with Crippen LogP contribution >= 0.6 is 11.3 Å². The Balaban J connectivity index is 1.96. The minimum atomic E-state index is -0.603. The highest BCUT2D eigenvalue weighted by Gasteiger charge is 2.36. The molecular weight excluding hydrogens is 300 g/mol. The number of hydrogen-bond donors (Lipinski definition) is 1. The largest absolute Gasteiger partial charge is 0.495 e. The quantitative estimate of drug-likeness (QED) is 0.943. The van der Waals surface area contributed by atoms with Crippen molar-refractivity contribution >= 4 is 23.2 Å². The van der Waals surface area contributed by atoms with E-state index < -0.39 is 6.04 Å². The summed E-state index contributed by atoms with van der Waals surface area (Å²) in [4.78, 5) is 27.3. The molecule has 5 nitrogen and oxygen atoms in total. The van der Waals surface area contributed by atoms with Crippen LogP contribution in [0.2, 0.25) is 0 Å². The number of rotatable bonds is 3. The normalized spacial score (nSPS) is 18.0. The molecule has 1 aliphatic heterocycles. The number of hydrogen-bond acceptors (Lipinski definition) is 4. The maximum Gasteiger partial charge on any atom is 0.268 e. The molecule has 2 aromatic rings. The van der Waals surface area contributed by atoms with Crippen LogP contribution in [-0.2, 0) is 4.79 Å². The van der Waals surface area contributed by atoms with Gasteiger partial charge in [-0.2, -0.15) is 0 Å². The summed E-state index contributed by atoms with van der Waals surface area (Å²) in [7, 11) is 1.54. The number of nitrogens with one attached hydrogen (secondary N) is 1. The number of amides is 2. The first kappa shape index (κ1) is 14.6. The summed E-state index contributed by atoms with van der Waals surface area (Å²) in [6.45, 7) is 0.937. The van der Waals surface area contributed by atoms with Crippen molar-refractivity contribution in [1.82, 2.24) is 10.2 Å². The van der Waals surface area contributed by atoms with Crippen molar-refractivity contribution in [2.75, 3.05) is 20.2 Å². The summed E-state index contributed by atoms with van der Waals surface area (Å²) in [5.74, 6) is 0.227. The molecule has 0 bridgehead atoms. The summed E-state index contributed by atoms with van der Waals surface area (Å²) in [5.41, 5.74) is 0.809. The second-order valence-electron chi connectivity index (χ2n) is 4.92. The molecule has 1 aromatic heterocycles. The van der Waals surface area contributed by atoms with E-state index >= 15 is 0 Å². The number of benzene rings is 1. The lowest BCUT2D eigenvalue weighted by Gasteiger charge is -2.35. The van der Waals surface area contributed by atoms with Gasteiger partial charge in [-0.1, -0.05) is 30.3 Å². The predicted octanol–water partition coefficient (Wildman–Crippen LogP) is 2.07. The molecule has 22 heavy (non-hydrogen) atoms. The molecule has 2 heterocycles. The third kappa shape index (κ3) is 2.57. The van der Waals surface area contributed by atoms with E-state index in [1.165, 1.54) is 18.4 Å². The van der Waals surface area contributed by atoms with E-state index in [4.69, 9.17) is 4.74 Å². The fourth-order valence-corrected chi connectivity index (χ4v) is 3.41. The molecule has 0 saturated carbocycles.